The van der Waals surface area contributed by atoms with Crippen LogP contribution in [0.2, 0.25) is 5.02 Å². The first kappa shape index (κ1) is 12.6. The van der Waals surface area contributed by atoms with E-state index in [1.54, 1.807) is 6.20 Å². The van der Waals surface area contributed by atoms with Crippen LogP contribution in [0, 0.1) is 4.77 Å². The van der Waals surface area contributed by atoms with Crippen molar-refractivity contribution in [2.75, 3.05) is 0 Å². The van der Waals surface area contributed by atoms with E-state index in [2.05, 4.69) is 9.97 Å². The number of benzene rings is 2. The third-order valence-corrected chi connectivity index (χ3v) is 4.02. The Balaban J connectivity index is 2.14. The maximum Gasteiger partial charge on any atom is 0.182 e. The van der Waals surface area contributed by atoms with Gasteiger partial charge in [-0.25, -0.2) is 0 Å². The van der Waals surface area contributed by atoms with Gasteiger partial charge in [-0.1, -0.05) is 29.8 Å². The minimum Gasteiger partial charge on any atom is -0.330 e. The number of aromatic amines is 1. The molecular formula is C16H10ClN3S. The van der Waals surface area contributed by atoms with Crippen LogP contribution < -0.4 is 0 Å². The molecule has 0 atom stereocenters. The van der Waals surface area contributed by atoms with Crippen LogP contribution in [-0.4, -0.2) is 14.5 Å². The fraction of sp³-hybridized carbons (Fsp3) is 0. The van der Waals surface area contributed by atoms with Gasteiger partial charge in [0.25, 0.3) is 0 Å². The quantitative estimate of drug-likeness (QED) is 0.508. The Bertz CT molecular complexity index is 1030. The number of nitrogens with zero attached hydrogens (tertiary/aromatic N) is 2. The predicted octanol–water partition coefficient (Wildman–Crippen LogP) is 4.89. The molecule has 0 fully saturated rings. The number of hydrogen-bond donors (Lipinski definition) is 1. The first-order valence-electron chi connectivity index (χ1n) is 6.48. The molecule has 0 aliphatic rings. The summed E-state index contributed by atoms with van der Waals surface area (Å²) in [7, 11) is 0. The molecule has 0 spiro atoms. The fourth-order valence-corrected chi connectivity index (χ4v) is 3.07. The zero-order chi connectivity index (χ0) is 14.4. The van der Waals surface area contributed by atoms with Crippen LogP contribution in [0.15, 0.2) is 54.7 Å². The molecule has 21 heavy (non-hydrogen) atoms. The molecule has 0 saturated heterocycles. The second kappa shape index (κ2) is 4.69. The van der Waals surface area contributed by atoms with E-state index < -0.39 is 0 Å². The van der Waals surface area contributed by atoms with Crippen molar-refractivity contribution in [2.24, 2.45) is 0 Å². The standard InChI is InChI=1S/C16H10ClN3S/c17-11-6-7-13-12(9-11)19-16(21)20(13)14-5-1-3-10-4-2-8-18-15(10)14/h1-9H,(H,19,21). The number of para-hydroxylation sites is 1. The Labute approximate surface area is 130 Å². The SMILES string of the molecule is S=c1[nH]c2cc(Cl)ccc2n1-c1cccc2cccnc12. The summed E-state index contributed by atoms with van der Waals surface area (Å²) in [6.45, 7) is 0. The number of hydrogen-bond acceptors (Lipinski definition) is 2. The van der Waals surface area contributed by atoms with Crippen molar-refractivity contribution in [1.29, 1.82) is 0 Å². The van der Waals surface area contributed by atoms with Crippen molar-refractivity contribution >= 4 is 45.8 Å². The molecule has 5 heteroatoms. The van der Waals surface area contributed by atoms with Gasteiger partial charge in [-0.2, -0.15) is 0 Å². The summed E-state index contributed by atoms with van der Waals surface area (Å²) in [5, 5.41) is 1.77. The third kappa shape index (κ3) is 1.95. The average molecular weight is 312 g/mol. The van der Waals surface area contributed by atoms with E-state index in [-0.39, 0.29) is 0 Å². The summed E-state index contributed by atoms with van der Waals surface area (Å²) in [5.41, 5.74) is 3.79. The number of imidazole rings is 1. The van der Waals surface area contributed by atoms with Crippen LogP contribution in [-0.2, 0) is 0 Å². The summed E-state index contributed by atoms with van der Waals surface area (Å²) < 4.78 is 2.63. The molecule has 102 valence electrons. The van der Waals surface area contributed by atoms with Crippen LogP contribution in [0.1, 0.15) is 0 Å². The number of rotatable bonds is 1. The summed E-state index contributed by atoms with van der Waals surface area (Å²) in [6.07, 6.45) is 1.79. The van der Waals surface area contributed by atoms with Gasteiger partial charge in [0.05, 0.1) is 22.2 Å². The number of nitrogens with one attached hydrogen (secondary N) is 1. The highest BCUT2D eigenvalue weighted by molar-refractivity contribution is 7.71. The van der Waals surface area contributed by atoms with Crippen LogP contribution >= 0.6 is 23.8 Å². The monoisotopic (exact) mass is 311 g/mol. The van der Waals surface area contributed by atoms with Gasteiger partial charge in [0, 0.05) is 16.6 Å². The topological polar surface area (TPSA) is 33.6 Å². The average Bonchev–Trinajstić information content (AvgIpc) is 2.81. The highest BCUT2D eigenvalue weighted by atomic mass is 35.5. The van der Waals surface area contributed by atoms with Crippen molar-refractivity contribution < 1.29 is 0 Å². The summed E-state index contributed by atoms with van der Waals surface area (Å²) in [5.74, 6) is 0. The molecule has 2 aromatic heterocycles. The number of pyridine rings is 1. The van der Waals surface area contributed by atoms with E-state index in [4.69, 9.17) is 23.8 Å². The zero-order valence-corrected chi connectivity index (χ0v) is 12.4. The molecule has 0 saturated carbocycles. The molecule has 1 N–H and O–H groups in total. The van der Waals surface area contributed by atoms with Gasteiger partial charge in [0.2, 0.25) is 0 Å². The van der Waals surface area contributed by atoms with Gasteiger partial charge >= 0.3 is 0 Å². The zero-order valence-electron chi connectivity index (χ0n) is 10.9. The molecule has 2 heterocycles. The number of aromatic nitrogens is 3. The Morgan fingerprint density at radius 3 is 2.86 bits per heavy atom. The Kier molecular flexibility index (Phi) is 2.80. The normalized spacial score (nSPS) is 11.3. The second-order valence-electron chi connectivity index (χ2n) is 4.78. The maximum absolute atomic E-state index is 6.05. The third-order valence-electron chi connectivity index (χ3n) is 3.50. The Hall–Kier alpha value is -2.17. The molecular weight excluding hydrogens is 302 g/mol. The molecule has 0 aliphatic carbocycles. The van der Waals surface area contributed by atoms with E-state index in [1.165, 1.54) is 0 Å². The van der Waals surface area contributed by atoms with Crippen LogP contribution in [0.5, 0.6) is 0 Å². The smallest absolute Gasteiger partial charge is 0.182 e. The van der Waals surface area contributed by atoms with E-state index in [0.717, 1.165) is 27.6 Å². The van der Waals surface area contributed by atoms with Crippen LogP contribution in [0.4, 0.5) is 0 Å². The van der Waals surface area contributed by atoms with Gasteiger partial charge in [-0.15, -0.1) is 0 Å². The first-order valence-corrected chi connectivity index (χ1v) is 7.27. The molecule has 4 rings (SSSR count). The summed E-state index contributed by atoms with van der Waals surface area (Å²) >= 11 is 11.5. The van der Waals surface area contributed by atoms with Crippen LogP contribution in [0.3, 0.4) is 0 Å². The molecule has 0 bridgehead atoms. The lowest BCUT2D eigenvalue weighted by atomic mass is 10.2. The number of halogens is 1. The molecule has 4 aromatic rings. The van der Waals surface area contributed by atoms with Gasteiger partial charge in [-0.3, -0.25) is 9.55 Å². The maximum atomic E-state index is 6.05. The molecule has 2 aromatic carbocycles. The van der Waals surface area contributed by atoms with Crippen molar-refractivity contribution in [1.82, 2.24) is 14.5 Å². The van der Waals surface area contributed by atoms with Crippen molar-refractivity contribution in [2.45, 2.75) is 0 Å². The van der Waals surface area contributed by atoms with Gasteiger partial charge in [0.15, 0.2) is 4.77 Å². The number of H-pyrrole nitrogens is 1. The predicted molar refractivity (Wildman–Crippen MR) is 88.8 cm³/mol. The van der Waals surface area contributed by atoms with E-state index >= 15 is 0 Å². The van der Waals surface area contributed by atoms with Gasteiger partial charge in [-0.05, 0) is 42.5 Å². The highest BCUT2D eigenvalue weighted by Gasteiger charge is 2.10. The second-order valence-corrected chi connectivity index (χ2v) is 5.60. The molecule has 0 aliphatic heterocycles. The minimum atomic E-state index is 0.630. The minimum absolute atomic E-state index is 0.630. The van der Waals surface area contributed by atoms with Crippen molar-refractivity contribution in [3.63, 3.8) is 0 Å². The Morgan fingerprint density at radius 1 is 1.10 bits per heavy atom. The van der Waals surface area contributed by atoms with Crippen molar-refractivity contribution in [3.8, 4) is 5.69 Å². The van der Waals surface area contributed by atoms with E-state index in [1.807, 2.05) is 53.1 Å². The highest BCUT2D eigenvalue weighted by Crippen LogP contribution is 2.26. The molecule has 0 unspecified atom stereocenters. The molecule has 3 nitrogen and oxygen atoms in total. The van der Waals surface area contributed by atoms with E-state index in [9.17, 15) is 0 Å². The molecule has 0 radical (unpaired) electrons. The van der Waals surface area contributed by atoms with Gasteiger partial charge in [0.1, 0.15) is 0 Å². The first-order chi connectivity index (χ1) is 10.2. The van der Waals surface area contributed by atoms with E-state index in [0.29, 0.717) is 9.79 Å². The number of fused-ring (bicyclic) bond motifs is 2. The molecule has 0 amide bonds. The lowest BCUT2D eigenvalue weighted by molar-refractivity contribution is 1.07. The Morgan fingerprint density at radius 2 is 1.95 bits per heavy atom. The van der Waals surface area contributed by atoms with Gasteiger partial charge < -0.3 is 4.98 Å². The largest absolute Gasteiger partial charge is 0.330 e. The summed E-state index contributed by atoms with van der Waals surface area (Å²) in [4.78, 5) is 7.69. The van der Waals surface area contributed by atoms with Crippen molar-refractivity contribution in [3.05, 3.63) is 64.5 Å². The summed E-state index contributed by atoms with van der Waals surface area (Å²) in [6, 6.07) is 15.8. The van der Waals surface area contributed by atoms with Crippen LogP contribution in [0.25, 0.3) is 27.6 Å². The lowest BCUT2D eigenvalue weighted by Gasteiger charge is -2.08. The lowest BCUT2D eigenvalue weighted by Crippen LogP contribution is -1.96. The fourth-order valence-electron chi connectivity index (χ4n) is 2.59.